The maximum Gasteiger partial charge on any atom is 0.137 e. The summed E-state index contributed by atoms with van der Waals surface area (Å²) in [5.74, 6) is -0.303. The first-order valence-corrected chi connectivity index (χ1v) is 15.2. The maximum absolute atomic E-state index is 11.7. The van der Waals surface area contributed by atoms with Crippen molar-refractivity contribution < 1.29 is 50.8 Å². The lowest BCUT2D eigenvalue weighted by molar-refractivity contribution is -0.124. The van der Waals surface area contributed by atoms with Crippen molar-refractivity contribution in [3.63, 3.8) is 0 Å². The Morgan fingerprint density at radius 1 is 0.619 bits per heavy atom. The van der Waals surface area contributed by atoms with Gasteiger partial charge in [0.1, 0.15) is 5.78 Å². The molecule has 9 N–H and O–H groups in total. The maximum atomic E-state index is 11.7. The van der Waals surface area contributed by atoms with Crippen molar-refractivity contribution in [2.45, 2.75) is 146 Å². The van der Waals surface area contributed by atoms with Crippen molar-refractivity contribution in [3.05, 3.63) is 24.3 Å². The molecule has 0 amide bonds. The largest absolute Gasteiger partial charge is 0.393 e. The molecule has 11 nitrogen and oxygen atoms in total. The Hall–Kier alpha value is -1.54. The van der Waals surface area contributed by atoms with Crippen LogP contribution >= 0.6 is 0 Å². The number of carbonyl (C=O) groups excluding carboxylic acids is 1. The van der Waals surface area contributed by atoms with Gasteiger partial charge in [-0.25, -0.2) is 0 Å². The summed E-state index contributed by atoms with van der Waals surface area (Å²) in [4.78, 5) is 15.7. The molecule has 0 rings (SSSR count). The number of aliphatic imine (C=N–C) groups is 1. The van der Waals surface area contributed by atoms with Gasteiger partial charge in [-0.15, -0.1) is 0 Å². The first-order valence-electron chi connectivity index (χ1n) is 15.2. The number of nitrogens with zero attached hydrogens (tertiary/aromatic N) is 1. The van der Waals surface area contributed by atoms with E-state index in [4.69, 9.17) is 0 Å². The zero-order valence-electron chi connectivity index (χ0n) is 25.5. The Labute approximate surface area is 251 Å². The Morgan fingerprint density at radius 2 is 1.05 bits per heavy atom. The predicted octanol–water partition coefficient (Wildman–Crippen LogP) is 0.954. The van der Waals surface area contributed by atoms with Crippen LogP contribution in [0.5, 0.6) is 0 Å². The van der Waals surface area contributed by atoms with E-state index in [1.807, 2.05) is 6.92 Å². The molecule has 0 radical (unpaired) electrons. The topological polar surface area (TPSA) is 211 Å². The smallest absolute Gasteiger partial charge is 0.137 e. The van der Waals surface area contributed by atoms with Crippen molar-refractivity contribution in [2.24, 2.45) is 10.9 Å². The van der Waals surface area contributed by atoms with Gasteiger partial charge < -0.3 is 46.0 Å². The van der Waals surface area contributed by atoms with Gasteiger partial charge in [-0.05, 0) is 64.5 Å². The second-order valence-corrected chi connectivity index (χ2v) is 11.6. The molecule has 0 saturated carbocycles. The molecule has 0 saturated heterocycles. The Morgan fingerprint density at radius 3 is 1.52 bits per heavy atom. The van der Waals surface area contributed by atoms with Crippen LogP contribution in [0, 0.1) is 5.92 Å². The minimum absolute atomic E-state index is 0.0263. The van der Waals surface area contributed by atoms with E-state index in [1.165, 1.54) is 18.2 Å². The minimum atomic E-state index is -1.02. The number of ketones is 1. The molecule has 0 bridgehead atoms. The fraction of sp³-hybridized carbons (Fsp3) is 0.806. The molecular weight excluding hydrogens is 546 g/mol. The minimum Gasteiger partial charge on any atom is -0.393 e. The van der Waals surface area contributed by atoms with E-state index in [1.54, 1.807) is 26.1 Å². The number of aliphatic hydroxyl groups excluding tert-OH is 9. The van der Waals surface area contributed by atoms with Crippen molar-refractivity contribution in [1.82, 2.24) is 0 Å². The molecule has 0 spiro atoms. The molecule has 0 aliphatic carbocycles. The third-order valence-corrected chi connectivity index (χ3v) is 6.82. The van der Waals surface area contributed by atoms with Crippen molar-refractivity contribution >= 4 is 12.0 Å². The van der Waals surface area contributed by atoms with Gasteiger partial charge in [0.2, 0.25) is 0 Å². The summed E-state index contributed by atoms with van der Waals surface area (Å²) in [6.45, 7) is 5.93. The van der Waals surface area contributed by atoms with Gasteiger partial charge in [-0.2, -0.15) is 0 Å². The quantitative estimate of drug-likeness (QED) is 0.0409. The predicted molar refractivity (Wildman–Crippen MR) is 162 cm³/mol. The van der Waals surface area contributed by atoms with Gasteiger partial charge in [0, 0.05) is 31.7 Å². The van der Waals surface area contributed by atoms with Gasteiger partial charge in [0.25, 0.3) is 0 Å². The normalized spacial score (nSPS) is 19.3. The number of hydrogen-bond donors (Lipinski definition) is 9. The summed E-state index contributed by atoms with van der Waals surface area (Å²) in [5, 5.41) is 90.7. The SMILES string of the molecule is CC=NCCCC(O)CC(O)C/C=C/C(O)CC(O)CC(O)CC(O)C/C=C/C(O)CC(O)CC(O)CC(=O)C(C)C. The van der Waals surface area contributed by atoms with Gasteiger partial charge in [-0.1, -0.05) is 38.2 Å². The molecule has 0 aliphatic rings. The number of aliphatic hydroxyl groups is 9. The van der Waals surface area contributed by atoms with E-state index >= 15 is 0 Å². The Bertz CT molecular complexity index is 775. The summed E-state index contributed by atoms with van der Waals surface area (Å²) in [6.07, 6.45) is 0.941. The third kappa shape index (κ3) is 23.0. The highest BCUT2D eigenvalue weighted by molar-refractivity contribution is 5.80. The van der Waals surface area contributed by atoms with E-state index in [0.29, 0.717) is 13.0 Å². The van der Waals surface area contributed by atoms with Gasteiger partial charge in [0.05, 0.1) is 54.9 Å². The molecule has 42 heavy (non-hydrogen) atoms. The van der Waals surface area contributed by atoms with E-state index in [9.17, 15) is 50.8 Å². The number of carbonyl (C=O) groups is 1. The lowest BCUT2D eigenvalue weighted by Crippen LogP contribution is -2.25. The fourth-order valence-corrected chi connectivity index (χ4v) is 4.45. The van der Waals surface area contributed by atoms with Crippen molar-refractivity contribution in [3.8, 4) is 0 Å². The molecule has 0 heterocycles. The van der Waals surface area contributed by atoms with Gasteiger partial charge in [0.15, 0.2) is 0 Å². The highest BCUT2D eigenvalue weighted by Crippen LogP contribution is 2.15. The lowest BCUT2D eigenvalue weighted by atomic mass is 9.97. The highest BCUT2D eigenvalue weighted by atomic mass is 16.3. The molecule has 246 valence electrons. The van der Waals surface area contributed by atoms with Gasteiger partial charge in [-0.3, -0.25) is 9.79 Å². The van der Waals surface area contributed by atoms with E-state index < -0.39 is 54.9 Å². The molecule has 0 aromatic rings. The van der Waals surface area contributed by atoms with Gasteiger partial charge >= 0.3 is 0 Å². The standard InChI is InChI=1S/C31H57NO10/c1-4-32-13-7-12-26(37)14-22(33)8-5-9-23(34)15-27(38)18-28(39)16-24(35)10-6-11-25(36)17-29(40)19-30(41)20-31(42)21(2)3/h4-6,9,11,21-30,33-41H,7-8,10,12-20H2,1-3H3/b9-5+,11-6+,32-4?. The summed E-state index contributed by atoms with van der Waals surface area (Å²) in [7, 11) is 0. The van der Waals surface area contributed by atoms with Crippen LogP contribution in [0.3, 0.4) is 0 Å². The second kappa shape index (κ2) is 23.9. The molecule has 11 heteroatoms. The zero-order chi connectivity index (χ0) is 32.1. The molecule has 9 atom stereocenters. The number of Topliss-reactive ketones (excluding diaryl/α,β-unsaturated/α-hetero) is 1. The van der Waals surface area contributed by atoms with Crippen LogP contribution in [0.25, 0.3) is 0 Å². The Kier molecular flexibility index (Phi) is 23.0. The number of rotatable bonds is 25. The summed E-state index contributed by atoms with van der Waals surface area (Å²) < 4.78 is 0. The van der Waals surface area contributed by atoms with Crippen LogP contribution in [0.4, 0.5) is 0 Å². The molecular formula is C31H57NO10. The molecule has 0 aliphatic heterocycles. The van der Waals surface area contributed by atoms with E-state index in [2.05, 4.69) is 4.99 Å². The third-order valence-electron chi connectivity index (χ3n) is 6.82. The van der Waals surface area contributed by atoms with Crippen LogP contribution < -0.4 is 0 Å². The van der Waals surface area contributed by atoms with Crippen molar-refractivity contribution in [1.29, 1.82) is 0 Å². The van der Waals surface area contributed by atoms with Crippen LogP contribution in [0.15, 0.2) is 29.3 Å². The highest BCUT2D eigenvalue weighted by Gasteiger charge is 2.20. The van der Waals surface area contributed by atoms with Crippen molar-refractivity contribution in [2.75, 3.05) is 6.54 Å². The first kappa shape index (κ1) is 40.5. The number of hydrogen-bond acceptors (Lipinski definition) is 11. The summed E-state index contributed by atoms with van der Waals surface area (Å²) in [6, 6.07) is 0. The fourth-order valence-electron chi connectivity index (χ4n) is 4.45. The molecule has 0 aromatic heterocycles. The molecule has 0 fully saturated rings. The average molecular weight is 604 g/mol. The zero-order valence-corrected chi connectivity index (χ0v) is 25.5. The molecule has 9 unspecified atom stereocenters. The Balaban J connectivity index is 4.23. The lowest BCUT2D eigenvalue weighted by Gasteiger charge is -2.19. The van der Waals surface area contributed by atoms with E-state index in [-0.39, 0.29) is 69.5 Å². The van der Waals surface area contributed by atoms with E-state index in [0.717, 1.165) is 6.42 Å². The second-order valence-electron chi connectivity index (χ2n) is 11.6. The van der Waals surface area contributed by atoms with Crippen LogP contribution in [-0.2, 0) is 4.79 Å². The van der Waals surface area contributed by atoms with Crippen LogP contribution in [0.2, 0.25) is 0 Å². The summed E-state index contributed by atoms with van der Waals surface area (Å²) in [5.41, 5.74) is 0. The van der Waals surface area contributed by atoms with Crippen LogP contribution in [0.1, 0.15) is 91.4 Å². The first-order chi connectivity index (χ1) is 19.7. The summed E-state index contributed by atoms with van der Waals surface area (Å²) >= 11 is 0. The average Bonchev–Trinajstić information content (AvgIpc) is 2.85. The monoisotopic (exact) mass is 603 g/mol. The van der Waals surface area contributed by atoms with Crippen LogP contribution in [-0.4, -0.2) is 119 Å². The molecule has 0 aromatic carbocycles.